The largest absolute Gasteiger partial charge is 0.466 e. The zero-order valence-corrected chi connectivity index (χ0v) is 10.9. The molecule has 0 saturated carbocycles. The molecule has 1 rings (SSSR count). The fourth-order valence-electron chi connectivity index (χ4n) is 1.67. The van der Waals surface area contributed by atoms with Crippen LogP contribution in [0.3, 0.4) is 0 Å². The second kappa shape index (κ2) is 6.02. The normalized spacial score (nSPS) is 19.4. The third kappa shape index (κ3) is 4.74. The third-order valence-electron chi connectivity index (χ3n) is 2.68. The average molecular weight is 262 g/mol. The van der Waals surface area contributed by atoms with Crippen LogP contribution in [0.5, 0.6) is 0 Å². The summed E-state index contributed by atoms with van der Waals surface area (Å²) in [7, 11) is -1.76. The van der Waals surface area contributed by atoms with Gasteiger partial charge in [0.15, 0.2) is 0 Å². The van der Waals surface area contributed by atoms with Crippen molar-refractivity contribution in [3.63, 3.8) is 0 Å². The number of carbonyl (C=O) groups excluding carboxylic acids is 1. The van der Waals surface area contributed by atoms with Crippen molar-refractivity contribution in [2.75, 3.05) is 26.5 Å². The van der Waals surface area contributed by atoms with Gasteiger partial charge in [-0.3, -0.25) is 0 Å². The van der Waals surface area contributed by atoms with Gasteiger partial charge in [-0.1, -0.05) is 0 Å². The predicted octanol–water partition coefficient (Wildman–Crippen LogP) is -0.313. The highest BCUT2D eigenvalue weighted by Crippen LogP contribution is 2.12. The second-order valence-corrected chi connectivity index (χ2v) is 5.94. The van der Waals surface area contributed by atoms with Gasteiger partial charge >= 0.3 is 5.97 Å². The topological polar surface area (TPSA) is 75.7 Å². The fourth-order valence-corrected chi connectivity index (χ4v) is 2.55. The smallest absolute Gasteiger partial charge is 0.331 e. The molecule has 0 amide bonds. The van der Waals surface area contributed by atoms with Crippen LogP contribution in [0.1, 0.15) is 12.8 Å². The number of methoxy groups -OCH3 is 1. The summed E-state index contributed by atoms with van der Waals surface area (Å²) >= 11 is 0. The molecule has 6 nitrogen and oxygen atoms in total. The Hall–Kier alpha value is -1.08. The summed E-state index contributed by atoms with van der Waals surface area (Å²) in [6.07, 6.45) is 5.55. The molecule has 7 heteroatoms. The highest BCUT2D eigenvalue weighted by molar-refractivity contribution is 7.88. The lowest BCUT2D eigenvalue weighted by molar-refractivity contribution is -0.134. The van der Waals surface area contributed by atoms with E-state index >= 15 is 0 Å². The summed E-state index contributed by atoms with van der Waals surface area (Å²) in [6.45, 7) is 1.03. The number of ether oxygens (including phenoxy) is 1. The van der Waals surface area contributed by atoms with Crippen LogP contribution >= 0.6 is 0 Å². The monoisotopic (exact) mass is 262 g/mol. The van der Waals surface area contributed by atoms with Gasteiger partial charge in [0.2, 0.25) is 10.0 Å². The molecule has 98 valence electrons. The Bertz CT molecular complexity index is 383. The zero-order valence-electron chi connectivity index (χ0n) is 10.0. The summed E-state index contributed by atoms with van der Waals surface area (Å²) in [4.78, 5) is 10.8. The molecule has 0 unspecified atom stereocenters. The summed E-state index contributed by atoms with van der Waals surface area (Å²) in [5.74, 6) is -0.411. The van der Waals surface area contributed by atoms with E-state index in [1.54, 1.807) is 6.20 Å². The molecule has 0 aliphatic carbocycles. The minimum absolute atomic E-state index is 0.203. The van der Waals surface area contributed by atoms with E-state index in [-0.39, 0.29) is 6.04 Å². The minimum Gasteiger partial charge on any atom is -0.466 e. The molecule has 0 spiro atoms. The Morgan fingerprint density at radius 2 is 2.00 bits per heavy atom. The Balaban J connectivity index is 2.33. The third-order valence-corrected chi connectivity index (χ3v) is 3.98. The van der Waals surface area contributed by atoms with E-state index in [2.05, 4.69) is 10.1 Å². The summed E-state index contributed by atoms with van der Waals surface area (Å²) in [6, 6.07) is 0.203. The maximum Gasteiger partial charge on any atom is 0.331 e. The first-order chi connectivity index (χ1) is 7.93. The second-order valence-electron chi connectivity index (χ2n) is 3.96. The number of sulfonamides is 1. The lowest BCUT2D eigenvalue weighted by Crippen LogP contribution is -2.43. The lowest BCUT2D eigenvalue weighted by atomic mass is 10.1. The van der Waals surface area contributed by atoms with Gasteiger partial charge in [-0.2, -0.15) is 0 Å². The van der Waals surface area contributed by atoms with E-state index in [0.717, 1.165) is 12.8 Å². The number of hydrogen-bond acceptors (Lipinski definition) is 5. The van der Waals surface area contributed by atoms with E-state index in [0.29, 0.717) is 13.1 Å². The van der Waals surface area contributed by atoms with Crippen LogP contribution in [0, 0.1) is 0 Å². The van der Waals surface area contributed by atoms with Crippen LogP contribution < -0.4 is 5.32 Å². The van der Waals surface area contributed by atoms with Crippen molar-refractivity contribution in [2.45, 2.75) is 18.9 Å². The van der Waals surface area contributed by atoms with Gasteiger partial charge in [0.05, 0.1) is 13.4 Å². The molecule has 0 aromatic heterocycles. The average Bonchev–Trinajstić information content (AvgIpc) is 2.28. The maximum absolute atomic E-state index is 11.3. The van der Waals surface area contributed by atoms with Crippen LogP contribution in [0.4, 0.5) is 0 Å². The van der Waals surface area contributed by atoms with Crippen LogP contribution in [0.25, 0.3) is 0 Å². The van der Waals surface area contributed by atoms with Gasteiger partial charge in [0.25, 0.3) is 0 Å². The van der Waals surface area contributed by atoms with Crippen molar-refractivity contribution in [2.24, 2.45) is 0 Å². The number of nitrogens with zero attached hydrogens (tertiary/aromatic N) is 1. The minimum atomic E-state index is -3.07. The van der Waals surface area contributed by atoms with Crippen molar-refractivity contribution in [3.05, 3.63) is 12.3 Å². The summed E-state index contributed by atoms with van der Waals surface area (Å²) in [5.41, 5.74) is 0. The Kier molecular flexibility index (Phi) is 4.95. The molecule has 0 bridgehead atoms. The van der Waals surface area contributed by atoms with E-state index in [1.807, 2.05) is 0 Å². The van der Waals surface area contributed by atoms with Gasteiger partial charge < -0.3 is 10.1 Å². The molecular formula is C10H18N2O4S. The van der Waals surface area contributed by atoms with Gasteiger partial charge in [0.1, 0.15) is 0 Å². The number of hydrogen-bond donors (Lipinski definition) is 1. The maximum atomic E-state index is 11.3. The van der Waals surface area contributed by atoms with Crippen molar-refractivity contribution < 1.29 is 17.9 Å². The SMILES string of the molecule is COC(=O)/C=C/NC1CCN(S(C)(=O)=O)CC1. The molecule has 1 fully saturated rings. The lowest BCUT2D eigenvalue weighted by Gasteiger charge is -2.30. The van der Waals surface area contributed by atoms with Crippen LogP contribution in [0.15, 0.2) is 12.3 Å². The van der Waals surface area contributed by atoms with Crippen molar-refractivity contribution in [3.8, 4) is 0 Å². The van der Waals surface area contributed by atoms with Crippen molar-refractivity contribution in [1.82, 2.24) is 9.62 Å². The highest BCUT2D eigenvalue weighted by atomic mass is 32.2. The number of esters is 1. The van der Waals surface area contributed by atoms with Gasteiger partial charge in [-0.25, -0.2) is 17.5 Å². The van der Waals surface area contributed by atoms with E-state index in [4.69, 9.17) is 0 Å². The molecule has 17 heavy (non-hydrogen) atoms. The standard InChI is InChI=1S/C10H18N2O4S/c1-16-10(13)3-6-11-9-4-7-12(8-5-9)17(2,14)15/h3,6,9,11H,4-5,7-8H2,1-2H3/b6-3+. The van der Waals surface area contributed by atoms with E-state index in [1.165, 1.54) is 23.7 Å². The Labute approximate surface area is 102 Å². The first-order valence-electron chi connectivity index (χ1n) is 5.39. The van der Waals surface area contributed by atoms with Crippen molar-refractivity contribution in [1.29, 1.82) is 0 Å². The predicted molar refractivity (Wildman–Crippen MR) is 63.7 cm³/mol. The highest BCUT2D eigenvalue weighted by Gasteiger charge is 2.23. The van der Waals surface area contributed by atoms with Gasteiger partial charge in [-0.05, 0) is 12.8 Å². The fraction of sp³-hybridized carbons (Fsp3) is 0.700. The first-order valence-corrected chi connectivity index (χ1v) is 7.24. The quantitative estimate of drug-likeness (QED) is 0.555. The Morgan fingerprint density at radius 3 is 2.47 bits per heavy atom. The molecule has 1 heterocycles. The van der Waals surface area contributed by atoms with Crippen LogP contribution in [-0.2, 0) is 19.6 Å². The number of rotatable bonds is 4. The summed E-state index contributed by atoms with van der Waals surface area (Å²) in [5, 5.41) is 3.06. The van der Waals surface area contributed by atoms with E-state index in [9.17, 15) is 13.2 Å². The summed E-state index contributed by atoms with van der Waals surface area (Å²) < 4.78 is 28.4. The van der Waals surface area contributed by atoms with Crippen LogP contribution in [-0.4, -0.2) is 51.2 Å². The molecule has 1 saturated heterocycles. The number of piperidine rings is 1. The molecule has 0 aromatic carbocycles. The molecule has 0 atom stereocenters. The molecule has 1 aliphatic heterocycles. The van der Waals surface area contributed by atoms with Crippen LogP contribution in [0.2, 0.25) is 0 Å². The van der Waals surface area contributed by atoms with E-state index < -0.39 is 16.0 Å². The van der Waals surface area contributed by atoms with Crippen molar-refractivity contribution >= 4 is 16.0 Å². The first kappa shape index (κ1) is 14.0. The molecule has 1 aliphatic rings. The zero-order chi connectivity index (χ0) is 12.9. The molecular weight excluding hydrogens is 244 g/mol. The number of carbonyl (C=O) groups is 1. The molecule has 1 N–H and O–H groups in total. The molecule has 0 aromatic rings. The Morgan fingerprint density at radius 1 is 1.41 bits per heavy atom. The molecule has 0 radical (unpaired) electrons. The van der Waals surface area contributed by atoms with Gasteiger partial charge in [-0.15, -0.1) is 0 Å². The number of nitrogens with one attached hydrogen (secondary N) is 1. The van der Waals surface area contributed by atoms with Gasteiger partial charge in [0, 0.05) is 31.4 Å².